The summed E-state index contributed by atoms with van der Waals surface area (Å²) in [4.78, 5) is 28.2. The van der Waals surface area contributed by atoms with Crippen molar-refractivity contribution in [1.82, 2.24) is 10.2 Å². The Labute approximate surface area is 227 Å². The number of halogens is 1. The van der Waals surface area contributed by atoms with E-state index in [1.165, 1.54) is 24.1 Å². The lowest BCUT2D eigenvalue weighted by atomic mass is 10.1. The van der Waals surface area contributed by atoms with Gasteiger partial charge in [0, 0.05) is 18.1 Å². The number of nitrogens with one attached hydrogen (secondary N) is 1. The van der Waals surface area contributed by atoms with E-state index < -0.39 is 28.5 Å². The lowest BCUT2D eigenvalue weighted by Gasteiger charge is -2.33. The second-order valence-electron chi connectivity index (χ2n) is 8.85. The van der Waals surface area contributed by atoms with Crippen molar-refractivity contribution in [3.05, 3.63) is 94.0 Å². The molecule has 3 aromatic rings. The second-order valence-corrected chi connectivity index (χ2v) is 11.6. The fraction of sp³-hybridized carbons (Fsp3) is 0.286. The number of anilines is 1. The summed E-state index contributed by atoms with van der Waals surface area (Å²) >= 11 is 3.40. The highest BCUT2D eigenvalue weighted by atomic mass is 79.9. The SMILES string of the molecule is CC[C@H](C(=O)NC)N(Cc1cccc(C)c1)C(=O)CN(c1cccc(Br)c1)S(=O)(=O)c1ccc(C)cc1. The number of carbonyl (C=O) groups is 2. The number of nitrogens with zero attached hydrogens (tertiary/aromatic N) is 2. The highest BCUT2D eigenvalue weighted by Crippen LogP contribution is 2.27. The van der Waals surface area contributed by atoms with Gasteiger partial charge in [0.25, 0.3) is 10.0 Å². The Morgan fingerprint density at radius 3 is 2.22 bits per heavy atom. The van der Waals surface area contributed by atoms with E-state index in [9.17, 15) is 18.0 Å². The van der Waals surface area contributed by atoms with Crippen LogP contribution < -0.4 is 9.62 Å². The van der Waals surface area contributed by atoms with Gasteiger partial charge in [-0.2, -0.15) is 0 Å². The minimum Gasteiger partial charge on any atom is -0.357 e. The molecule has 7 nitrogen and oxygen atoms in total. The molecule has 0 unspecified atom stereocenters. The van der Waals surface area contributed by atoms with E-state index in [1.54, 1.807) is 36.4 Å². The minimum absolute atomic E-state index is 0.0782. The van der Waals surface area contributed by atoms with Crippen molar-refractivity contribution < 1.29 is 18.0 Å². The van der Waals surface area contributed by atoms with Crippen molar-refractivity contribution in [2.75, 3.05) is 17.9 Å². The highest BCUT2D eigenvalue weighted by Gasteiger charge is 2.33. The van der Waals surface area contributed by atoms with Gasteiger partial charge in [-0.15, -0.1) is 0 Å². The van der Waals surface area contributed by atoms with Crippen molar-refractivity contribution in [2.24, 2.45) is 0 Å². The van der Waals surface area contributed by atoms with Gasteiger partial charge < -0.3 is 10.2 Å². The average Bonchev–Trinajstić information content (AvgIpc) is 2.87. The fourth-order valence-electron chi connectivity index (χ4n) is 4.09. The third-order valence-electron chi connectivity index (χ3n) is 6.05. The van der Waals surface area contributed by atoms with Gasteiger partial charge in [-0.25, -0.2) is 8.42 Å². The van der Waals surface area contributed by atoms with Gasteiger partial charge in [0.1, 0.15) is 12.6 Å². The van der Waals surface area contributed by atoms with Gasteiger partial charge in [0.05, 0.1) is 10.6 Å². The van der Waals surface area contributed by atoms with Crippen molar-refractivity contribution >= 4 is 43.5 Å². The molecule has 2 amide bonds. The summed E-state index contributed by atoms with van der Waals surface area (Å²) in [6.07, 6.45) is 0.374. The van der Waals surface area contributed by atoms with Crippen LogP contribution in [0.5, 0.6) is 0 Å². The molecule has 0 bridgehead atoms. The van der Waals surface area contributed by atoms with Crippen LogP contribution in [0.1, 0.15) is 30.0 Å². The first-order valence-electron chi connectivity index (χ1n) is 12.0. The summed E-state index contributed by atoms with van der Waals surface area (Å²) in [5, 5.41) is 2.63. The zero-order valence-corrected chi connectivity index (χ0v) is 23.8. The van der Waals surface area contributed by atoms with Crippen LogP contribution in [0.15, 0.2) is 82.2 Å². The van der Waals surface area contributed by atoms with Gasteiger partial charge in [0.2, 0.25) is 11.8 Å². The molecule has 0 spiro atoms. The summed E-state index contributed by atoms with van der Waals surface area (Å²) in [6, 6.07) is 20.2. The summed E-state index contributed by atoms with van der Waals surface area (Å²) in [6.45, 7) is 5.36. The van der Waals surface area contributed by atoms with Crippen LogP contribution in [0.3, 0.4) is 0 Å². The van der Waals surface area contributed by atoms with E-state index >= 15 is 0 Å². The van der Waals surface area contributed by atoms with Crippen molar-refractivity contribution in [3.8, 4) is 0 Å². The number of likely N-dealkylation sites (N-methyl/N-ethyl adjacent to an activating group) is 1. The number of amides is 2. The molecule has 0 aliphatic carbocycles. The Morgan fingerprint density at radius 2 is 1.62 bits per heavy atom. The van der Waals surface area contributed by atoms with Crippen LogP contribution in [-0.2, 0) is 26.2 Å². The molecular weight excluding hydrogens is 554 g/mol. The van der Waals surface area contributed by atoms with Gasteiger partial charge in [-0.3, -0.25) is 13.9 Å². The molecule has 37 heavy (non-hydrogen) atoms. The molecular formula is C28H32BrN3O4S. The molecule has 0 heterocycles. The number of rotatable bonds is 10. The third kappa shape index (κ3) is 6.99. The first-order chi connectivity index (χ1) is 17.6. The number of hydrogen-bond acceptors (Lipinski definition) is 4. The quantitative estimate of drug-likeness (QED) is 0.370. The molecule has 0 radical (unpaired) electrons. The van der Waals surface area contributed by atoms with Crippen LogP contribution in [0.2, 0.25) is 0 Å². The second kappa shape index (κ2) is 12.4. The number of aryl methyl sites for hydroxylation is 2. The fourth-order valence-corrected chi connectivity index (χ4v) is 5.88. The van der Waals surface area contributed by atoms with Gasteiger partial charge in [-0.05, 0) is 56.2 Å². The molecule has 196 valence electrons. The molecule has 0 saturated carbocycles. The summed E-state index contributed by atoms with van der Waals surface area (Å²) in [5.74, 6) is -0.786. The largest absolute Gasteiger partial charge is 0.357 e. The van der Waals surface area contributed by atoms with Crippen LogP contribution in [0.25, 0.3) is 0 Å². The maximum atomic E-state index is 13.9. The molecule has 0 aliphatic heterocycles. The molecule has 0 aliphatic rings. The summed E-state index contributed by atoms with van der Waals surface area (Å²) < 4.78 is 29.4. The van der Waals surface area contributed by atoms with Crippen molar-refractivity contribution in [2.45, 2.75) is 44.7 Å². The number of hydrogen-bond donors (Lipinski definition) is 1. The Balaban J connectivity index is 2.06. The number of sulfonamides is 1. The van der Waals surface area contributed by atoms with Crippen LogP contribution in [0, 0.1) is 13.8 Å². The molecule has 0 saturated heterocycles. The molecule has 0 aromatic heterocycles. The predicted molar refractivity (Wildman–Crippen MR) is 150 cm³/mol. The monoisotopic (exact) mass is 585 g/mol. The Morgan fingerprint density at radius 1 is 0.946 bits per heavy atom. The summed E-state index contributed by atoms with van der Waals surface area (Å²) in [5.41, 5.74) is 3.14. The van der Waals surface area contributed by atoms with Crippen LogP contribution >= 0.6 is 15.9 Å². The molecule has 3 aromatic carbocycles. The topological polar surface area (TPSA) is 86.8 Å². The smallest absolute Gasteiger partial charge is 0.264 e. The molecule has 3 rings (SSSR count). The van der Waals surface area contributed by atoms with Gasteiger partial charge >= 0.3 is 0 Å². The maximum absolute atomic E-state index is 13.9. The van der Waals surface area contributed by atoms with E-state index in [2.05, 4.69) is 21.2 Å². The maximum Gasteiger partial charge on any atom is 0.264 e. The van der Waals surface area contributed by atoms with Gasteiger partial charge in [-0.1, -0.05) is 76.4 Å². The first kappa shape index (κ1) is 28.4. The van der Waals surface area contributed by atoms with E-state index in [0.717, 1.165) is 21.0 Å². The van der Waals surface area contributed by atoms with E-state index in [4.69, 9.17) is 0 Å². The highest BCUT2D eigenvalue weighted by molar-refractivity contribution is 9.10. The third-order valence-corrected chi connectivity index (χ3v) is 8.33. The average molecular weight is 587 g/mol. The van der Waals surface area contributed by atoms with Crippen LogP contribution in [-0.4, -0.2) is 44.8 Å². The van der Waals surface area contributed by atoms with E-state index in [0.29, 0.717) is 16.6 Å². The number of carbonyl (C=O) groups excluding carboxylic acids is 2. The molecule has 1 atom stereocenters. The minimum atomic E-state index is -4.09. The standard InChI is InChI=1S/C28H32BrN3O4S/c1-5-26(28(34)30-4)31(18-22-9-6-8-21(3)16-22)27(33)19-32(24-11-7-10-23(29)17-24)37(35,36)25-14-12-20(2)13-15-25/h6-17,26H,5,18-19H2,1-4H3,(H,30,34)/t26-/m1/s1. The molecule has 9 heteroatoms. The number of benzene rings is 3. The van der Waals surface area contributed by atoms with Crippen molar-refractivity contribution in [3.63, 3.8) is 0 Å². The lowest BCUT2D eigenvalue weighted by molar-refractivity contribution is -0.140. The first-order valence-corrected chi connectivity index (χ1v) is 14.2. The predicted octanol–water partition coefficient (Wildman–Crippen LogP) is 4.81. The zero-order chi connectivity index (χ0) is 27.2. The normalized spacial score (nSPS) is 12.0. The zero-order valence-electron chi connectivity index (χ0n) is 21.4. The molecule has 1 N–H and O–H groups in total. The van der Waals surface area contributed by atoms with E-state index in [1.807, 2.05) is 45.0 Å². The Hall–Kier alpha value is -3.17. The van der Waals surface area contributed by atoms with E-state index in [-0.39, 0.29) is 17.3 Å². The Kier molecular flexibility index (Phi) is 9.50. The lowest BCUT2D eigenvalue weighted by Crippen LogP contribution is -2.51. The van der Waals surface area contributed by atoms with Crippen LogP contribution in [0.4, 0.5) is 5.69 Å². The Bertz CT molecular complexity index is 1360. The van der Waals surface area contributed by atoms with Crippen molar-refractivity contribution in [1.29, 1.82) is 0 Å². The summed E-state index contributed by atoms with van der Waals surface area (Å²) in [7, 11) is -2.57. The van der Waals surface area contributed by atoms with Gasteiger partial charge in [0.15, 0.2) is 0 Å². The molecule has 0 fully saturated rings.